The Bertz CT molecular complexity index is 280. The number of carboxylic acid groups (broad SMARTS) is 1. The number of likely N-dealkylation sites (N-methyl/N-ethyl adjacent to an activating group) is 2. The first-order chi connectivity index (χ1) is 7.36. The summed E-state index contributed by atoms with van der Waals surface area (Å²) in [4.78, 5) is 33.9. The normalized spacial score (nSPS) is 11.4. The molecule has 0 saturated carbocycles. The fourth-order valence-electron chi connectivity index (χ4n) is 1.00. The standard InChI is InChI=1S/C9H17N3O4/c1-6(4-8(14)15)11-9(16)12(3)5-7(13)10-2/h6H,4-5H2,1-3H3,(H,10,13)(H,11,16)(H,14,15). The van der Waals surface area contributed by atoms with Crippen molar-refractivity contribution >= 4 is 17.9 Å². The van der Waals surface area contributed by atoms with Crippen LogP contribution in [0, 0.1) is 0 Å². The summed E-state index contributed by atoms with van der Waals surface area (Å²) >= 11 is 0. The van der Waals surface area contributed by atoms with Gasteiger partial charge in [0, 0.05) is 20.1 Å². The Labute approximate surface area is 93.8 Å². The number of hydrogen-bond acceptors (Lipinski definition) is 3. The molecule has 3 N–H and O–H groups in total. The SMILES string of the molecule is CNC(=O)CN(C)C(=O)NC(C)CC(=O)O. The number of carbonyl (C=O) groups excluding carboxylic acids is 2. The number of nitrogens with zero attached hydrogens (tertiary/aromatic N) is 1. The van der Waals surface area contributed by atoms with Crippen LogP contribution in [0.4, 0.5) is 4.79 Å². The first kappa shape index (κ1) is 14.2. The van der Waals surface area contributed by atoms with E-state index in [1.54, 1.807) is 6.92 Å². The highest BCUT2D eigenvalue weighted by atomic mass is 16.4. The number of carbonyl (C=O) groups is 3. The summed E-state index contributed by atoms with van der Waals surface area (Å²) in [5.41, 5.74) is 0. The van der Waals surface area contributed by atoms with Gasteiger partial charge in [0.25, 0.3) is 0 Å². The van der Waals surface area contributed by atoms with Gasteiger partial charge in [-0.3, -0.25) is 9.59 Å². The van der Waals surface area contributed by atoms with Crippen LogP contribution in [0.25, 0.3) is 0 Å². The predicted molar refractivity (Wildman–Crippen MR) is 56.9 cm³/mol. The molecule has 0 bridgehead atoms. The number of urea groups is 1. The Kier molecular flexibility index (Phi) is 5.91. The summed E-state index contributed by atoms with van der Waals surface area (Å²) in [6.45, 7) is 1.52. The van der Waals surface area contributed by atoms with E-state index in [2.05, 4.69) is 10.6 Å². The van der Waals surface area contributed by atoms with Gasteiger partial charge in [0.2, 0.25) is 5.91 Å². The maximum atomic E-state index is 11.4. The molecule has 0 aromatic rings. The van der Waals surface area contributed by atoms with Crippen LogP contribution in [-0.2, 0) is 9.59 Å². The third-order valence-electron chi connectivity index (χ3n) is 1.86. The van der Waals surface area contributed by atoms with Gasteiger partial charge in [-0.05, 0) is 6.92 Å². The number of amides is 3. The van der Waals surface area contributed by atoms with Crippen molar-refractivity contribution in [3.8, 4) is 0 Å². The van der Waals surface area contributed by atoms with Gasteiger partial charge in [0.05, 0.1) is 6.42 Å². The number of nitrogens with one attached hydrogen (secondary N) is 2. The van der Waals surface area contributed by atoms with Gasteiger partial charge in [0.15, 0.2) is 0 Å². The van der Waals surface area contributed by atoms with Gasteiger partial charge in [0.1, 0.15) is 6.54 Å². The van der Waals surface area contributed by atoms with Crippen LogP contribution in [0.3, 0.4) is 0 Å². The van der Waals surface area contributed by atoms with Crippen molar-refractivity contribution in [2.75, 3.05) is 20.6 Å². The minimum atomic E-state index is -0.984. The average molecular weight is 231 g/mol. The number of rotatable bonds is 5. The molecule has 0 aromatic carbocycles. The van der Waals surface area contributed by atoms with Gasteiger partial charge in [-0.2, -0.15) is 0 Å². The molecule has 1 unspecified atom stereocenters. The molecule has 0 aliphatic carbocycles. The molecular weight excluding hydrogens is 214 g/mol. The van der Waals surface area contributed by atoms with Crippen LogP contribution < -0.4 is 10.6 Å². The number of carboxylic acids is 1. The lowest BCUT2D eigenvalue weighted by molar-refractivity contribution is -0.137. The molecule has 0 aromatic heterocycles. The molecule has 0 saturated heterocycles. The lowest BCUT2D eigenvalue weighted by atomic mass is 10.2. The third kappa shape index (κ3) is 5.84. The largest absolute Gasteiger partial charge is 0.481 e. The van der Waals surface area contributed by atoms with E-state index in [-0.39, 0.29) is 18.9 Å². The molecule has 3 amide bonds. The maximum Gasteiger partial charge on any atom is 0.317 e. The third-order valence-corrected chi connectivity index (χ3v) is 1.86. The van der Waals surface area contributed by atoms with E-state index in [1.165, 1.54) is 19.0 Å². The molecule has 1 atom stereocenters. The molecule has 0 spiro atoms. The van der Waals surface area contributed by atoms with E-state index in [1.807, 2.05) is 0 Å². The second kappa shape index (κ2) is 6.65. The van der Waals surface area contributed by atoms with E-state index < -0.39 is 18.0 Å². The summed E-state index contributed by atoms with van der Waals surface area (Å²) in [6, 6.07) is -0.950. The molecule has 0 aliphatic rings. The van der Waals surface area contributed by atoms with E-state index in [9.17, 15) is 14.4 Å². The maximum absolute atomic E-state index is 11.4. The first-order valence-electron chi connectivity index (χ1n) is 4.80. The van der Waals surface area contributed by atoms with Crippen molar-refractivity contribution in [1.29, 1.82) is 0 Å². The topological polar surface area (TPSA) is 98.7 Å². The van der Waals surface area contributed by atoms with Gasteiger partial charge < -0.3 is 20.6 Å². The summed E-state index contributed by atoms with van der Waals surface area (Å²) in [5, 5.41) is 13.3. The fraction of sp³-hybridized carbons (Fsp3) is 0.667. The number of hydrogen-bond donors (Lipinski definition) is 3. The molecule has 0 fully saturated rings. The highest BCUT2D eigenvalue weighted by Gasteiger charge is 2.15. The zero-order valence-corrected chi connectivity index (χ0v) is 9.61. The van der Waals surface area contributed by atoms with Crippen LogP contribution in [0.1, 0.15) is 13.3 Å². The monoisotopic (exact) mass is 231 g/mol. The van der Waals surface area contributed by atoms with E-state index in [0.717, 1.165) is 0 Å². The molecule has 0 heterocycles. The Morgan fingerprint density at radius 1 is 1.38 bits per heavy atom. The minimum Gasteiger partial charge on any atom is -0.481 e. The van der Waals surface area contributed by atoms with Gasteiger partial charge in [-0.25, -0.2) is 4.79 Å². The summed E-state index contributed by atoms with van der Waals surface area (Å²) in [6.07, 6.45) is -0.153. The van der Waals surface area contributed by atoms with Crippen molar-refractivity contribution < 1.29 is 19.5 Å². The Hall–Kier alpha value is -1.79. The molecule has 92 valence electrons. The molecule has 0 rings (SSSR count). The Morgan fingerprint density at radius 3 is 2.38 bits per heavy atom. The molecule has 0 radical (unpaired) electrons. The predicted octanol–water partition coefficient (Wildman–Crippen LogP) is -0.763. The van der Waals surface area contributed by atoms with Crippen LogP contribution in [0.15, 0.2) is 0 Å². The summed E-state index contributed by atoms with van der Waals surface area (Å²) in [5.74, 6) is -1.27. The van der Waals surface area contributed by atoms with Gasteiger partial charge in [-0.15, -0.1) is 0 Å². The second-order valence-electron chi connectivity index (χ2n) is 3.48. The fourth-order valence-corrected chi connectivity index (χ4v) is 1.00. The zero-order valence-electron chi connectivity index (χ0n) is 9.61. The second-order valence-corrected chi connectivity index (χ2v) is 3.48. The van der Waals surface area contributed by atoms with Crippen molar-refractivity contribution in [3.05, 3.63) is 0 Å². The number of aliphatic carboxylic acids is 1. The van der Waals surface area contributed by atoms with Gasteiger partial charge in [-0.1, -0.05) is 0 Å². The Morgan fingerprint density at radius 2 is 1.94 bits per heavy atom. The molecule has 7 heteroatoms. The van der Waals surface area contributed by atoms with Crippen molar-refractivity contribution in [3.63, 3.8) is 0 Å². The van der Waals surface area contributed by atoms with Crippen LogP contribution >= 0.6 is 0 Å². The van der Waals surface area contributed by atoms with E-state index in [4.69, 9.17) is 5.11 Å². The van der Waals surface area contributed by atoms with Crippen LogP contribution in [-0.4, -0.2) is 54.6 Å². The van der Waals surface area contributed by atoms with E-state index >= 15 is 0 Å². The molecular formula is C9H17N3O4. The van der Waals surface area contributed by atoms with Crippen molar-refractivity contribution in [2.45, 2.75) is 19.4 Å². The minimum absolute atomic E-state index is 0.0673. The lowest BCUT2D eigenvalue weighted by Gasteiger charge is -2.19. The molecule has 7 nitrogen and oxygen atoms in total. The quantitative estimate of drug-likeness (QED) is 0.579. The van der Waals surface area contributed by atoms with Crippen molar-refractivity contribution in [1.82, 2.24) is 15.5 Å². The highest BCUT2D eigenvalue weighted by molar-refractivity contribution is 5.83. The van der Waals surface area contributed by atoms with E-state index in [0.29, 0.717) is 0 Å². The van der Waals surface area contributed by atoms with Crippen LogP contribution in [0.5, 0.6) is 0 Å². The summed E-state index contributed by atoms with van der Waals surface area (Å²) < 4.78 is 0. The molecule has 0 aliphatic heterocycles. The average Bonchev–Trinajstić information content (AvgIpc) is 2.15. The highest BCUT2D eigenvalue weighted by Crippen LogP contribution is 1.93. The smallest absolute Gasteiger partial charge is 0.317 e. The first-order valence-corrected chi connectivity index (χ1v) is 4.80. The van der Waals surface area contributed by atoms with Gasteiger partial charge >= 0.3 is 12.0 Å². The molecule has 16 heavy (non-hydrogen) atoms. The van der Waals surface area contributed by atoms with Crippen molar-refractivity contribution in [2.24, 2.45) is 0 Å². The Balaban J connectivity index is 4.04. The lowest BCUT2D eigenvalue weighted by Crippen LogP contribution is -2.46. The zero-order chi connectivity index (χ0) is 12.7. The van der Waals surface area contributed by atoms with Crippen LogP contribution in [0.2, 0.25) is 0 Å². The summed E-state index contributed by atoms with van der Waals surface area (Å²) in [7, 11) is 2.93.